The first-order valence-electron chi connectivity index (χ1n) is 7.94. The second-order valence-electron chi connectivity index (χ2n) is 6.04. The Bertz CT molecular complexity index is 779. The number of anilines is 1. The Kier molecular flexibility index (Phi) is 5.88. The topological polar surface area (TPSA) is 81.5 Å². The molecule has 0 aromatic heterocycles. The van der Waals surface area contributed by atoms with Gasteiger partial charge in [0.2, 0.25) is 6.54 Å². The molecule has 2 aromatic carbocycles. The summed E-state index contributed by atoms with van der Waals surface area (Å²) in [5.74, 6) is -0.280. The van der Waals surface area contributed by atoms with Crippen molar-refractivity contribution in [2.75, 3.05) is 12.4 Å². The molecule has 1 amide bonds. The number of hydrogen-bond donors (Lipinski definition) is 1. The number of nitro groups is 1. The van der Waals surface area contributed by atoms with Gasteiger partial charge in [0.15, 0.2) is 6.10 Å². The fourth-order valence-electron chi connectivity index (χ4n) is 2.91. The highest BCUT2D eigenvalue weighted by Gasteiger charge is 2.22. The van der Waals surface area contributed by atoms with Crippen LogP contribution in [0.4, 0.5) is 5.69 Å². The van der Waals surface area contributed by atoms with E-state index in [0.29, 0.717) is 11.3 Å². The van der Waals surface area contributed by atoms with E-state index in [4.69, 9.17) is 4.74 Å². The van der Waals surface area contributed by atoms with Gasteiger partial charge in [-0.3, -0.25) is 14.9 Å². The lowest BCUT2D eigenvalue weighted by molar-refractivity contribution is -0.497. The van der Waals surface area contributed by atoms with E-state index in [0.717, 1.165) is 22.3 Å². The first-order chi connectivity index (χ1) is 11.8. The minimum absolute atomic E-state index is 0.226. The number of aryl methyl sites for hydroxylation is 3. The van der Waals surface area contributed by atoms with Gasteiger partial charge in [0, 0.05) is 23.3 Å². The second-order valence-corrected chi connectivity index (χ2v) is 6.04. The highest BCUT2D eigenvalue weighted by molar-refractivity contribution is 5.95. The monoisotopic (exact) mass is 342 g/mol. The zero-order chi connectivity index (χ0) is 18.6. The maximum atomic E-state index is 12.6. The predicted octanol–water partition coefficient (Wildman–Crippen LogP) is 3.71. The molecule has 0 fully saturated rings. The number of amides is 1. The number of carbonyl (C=O) groups excluding carboxylic acids is 1. The number of carbonyl (C=O) groups is 1. The van der Waals surface area contributed by atoms with E-state index < -0.39 is 6.10 Å². The molecule has 1 unspecified atom stereocenters. The largest absolute Gasteiger partial charge is 0.367 e. The molecule has 0 spiro atoms. The molecule has 0 heterocycles. The van der Waals surface area contributed by atoms with Gasteiger partial charge < -0.3 is 10.1 Å². The van der Waals surface area contributed by atoms with Crippen molar-refractivity contribution in [3.05, 3.63) is 74.3 Å². The Morgan fingerprint density at radius 2 is 1.76 bits per heavy atom. The predicted molar refractivity (Wildman–Crippen MR) is 96.2 cm³/mol. The van der Waals surface area contributed by atoms with Gasteiger partial charge in [0.25, 0.3) is 5.91 Å². The lowest BCUT2D eigenvalue weighted by atomic mass is 10.0. The van der Waals surface area contributed by atoms with Gasteiger partial charge in [-0.05, 0) is 55.2 Å². The molecule has 2 aromatic rings. The van der Waals surface area contributed by atoms with E-state index in [-0.39, 0.29) is 17.4 Å². The Balaban J connectivity index is 2.25. The standard InChI is InChI=1S/C19H22N2O4/c1-12-7-5-6-8-16(12)18(25-4)19(22)20-15-9-13(2)17(11-21(23)24)14(3)10-15/h5-10,18H,11H2,1-4H3,(H,20,22). The highest BCUT2D eigenvalue weighted by Crippen LogP contribution is 2.25. The lowest BCUT2D eigenvalue weighted by Gasteiger charge is -2.18. The first-order valence-corrected chi connectivity index (χ1v) is 7.94. The third-order valence-electron chi connectivity index (χ3n) is 4.20. The van der Waals surface area contributed by atoms with Crippen LogP contribution in [-0.2, 0) is 16.1 Å². The molecular formula is C19H22N2O4. The maximum Gasteiger partial charge on any atom is 0.258 e. The Labute approximate surface area is 147 Å². The molecule has 1 atom stereocenters. The second kappa shape index (κ2) is 7.90. The van der Waals surface area contributed by atoms with Crippen molar-refractivity contribution in [2.45, 2.75) is 33.4 Å². The summed E-state index contributed by atoms with van der Waals surface area (Å²) in [5.41, 5.74) is 4.60. The summed E-state index contributed by atoms with van der Waals surface area (Å²) in [7, 11) is 1.49. The van der Waals surface area contributed by atoms with Crippen molar-refractivity contribution in [2.24, 2.45) is 0 Å². The summed E-state index contributed by atoms with van der Waals surface area (Å²) in [6.45, 7) is 5.30. The summed E-state index contributed by atoms with van der Waals surface area (Å²) >= 11 is 0. The first kappa shape index (κ1) is 18.6. The normalized spacial score (nSPS) is 11.8. The number of ether oxygens (including phenoxy) is 1. The van der Waals surface area contributed by atoms with Crippen LogP contribution >= 0.6 is 0 Å². The summed E-state index contributed by atoms with van der Waals surface area (Å²) < 4.78 is 5.39. The number of rotatable bonds is 6. The van der Waals surface area contributed by atoms with Crippen LogP contribution in [0.5, 0.6) is 0 Å². The van der Waals surface area contributed by atoms with Crippen LogP contribution in [0.1, 0.15) is 33.9 Å². The number of methoxy groups -OCH3 is 1. The van der Waals surface area contributed by atoms with Crippen LogP contribution in [0.25, 0.3) is 0 Å². The average Bonchev–Trinajstić information content (AvgIpc) is 2.53. The summed E-state index contributed by atoms with van der Waals surface area (Å²) in [5, 5.41) is 13.6. The van der Waals surface area contributed by atoms with Crippen molar-refractivity contribution in [3.8, 4) is 0 Å². The SMILES string of the molecule is COC(C(=O)Nc1cc(C)c(C[N+](=O)[O-])c(C)c1)c1ccccc1C. The van der Waals surface area contributed by atoms with Crippen molar-refractivity contribution < 1.29 is 14.5 Å². The molecule has 0 saturated carbocycles. The zero-order valence-electron chi connectivity index (χ0n) is 14.8. The minimum Gasteiger partial charge on any atom is -0.367 e. The van der Waals surface area contributed by atoms with E-state index >= 15 is 0 Å². The van der Waals surface area contributed by atoms with Gasteiger partial charge in [0.05, 0.1) is 0 Å². The molecule has 0 saturated heterocycles. The molecule has 1 N–H and O–H groups in total. The third-order valence-corrected chi connectivity index (χ3v) is 4.20. The van der Waals surface area contributed by atoms with E-state index in [9.17, 15) is 14.9 Å². The molecule has 0 aliphatic heterocycles. The summed E-state index contributed by atoms with van der Waals surface area (Å²) in [4.78, 5) is 23.1. The molecular weight excluding hydrogens is 320 g/mol. The smallest absolute Gasteiger partial charge is 0.258 e. The third kappa shape index (κ3) is 4.42. The van der Waals surface area contributed by atoms with Gasteiger partial charge in [0.1, 0.15) is 0 Å². The number of hydrogen-bond acceptors (Lipinski definition) is 4. The number of benzene rings is 2. The van der Waals surface area contributed by atoms with Crippen LogP contribution < -0.4 is 5.32 Å². The van der Waals surface area contributed by atoms with E-state index in [2.05, 4.69) is 5.32 Å². The fraction of sp³-hybridized carbons (Fsp3) is 0.316. The van der Waals surface area contributed by atoms with Crippen LogP contribution in [0.15, 0.2) is 36.4 Å². The Morgan fingerprint density at radius 3 is 2.28 bits per heavy atom. The van der Waals surface area contributed by atoms with Gasteiger partial charge in [-0.2, -0.15) is 0 Å². The number of nitrogens with one attached hydrogen (secondary N) is 1. The Hall–Kier alpha value is -2.73. The van der Waals surface area contributed by atoms with Crippen LogP contribution in [0.2, 0.25) is 0 Å². The highest BCUT2D eigenvalue weighted by atomic mass is 16.6. The molecule has 6 heteroatoms. The zero-order valence-corrected chi connectivity index (χ0v) is 14.8. The fourth-order valence-corrected chi connectivity index (χ4v) is 2.91. The van der Waals surface area contributed by atoms with E-state index in [1.165, 1.54) is 7.11 Å². The van der Waals surface area contributed by atoms with Crippen molar-refractivity contribution >= 4 is 11.6 Å². The quantitative estimate of drug-likeness (QED) is 0.641. The number of nitrogens with zero attached hydrogens (tertiary/aromatic N) is 1. The van der Waals surface area contributed by atoms with Crippen LogP contribution in [-0.4, -0.2) is 17.9 Å². The van der Waals surface area contributed by atoms with Crippen molar-refractivity contribution in [1.82, 2.24) is 0 Å². The van der Waals surface area contributed by atoms with E-state index in [1.807, 2.05) is 31.2 Å². The van der Waals surface area contributed by atoms with Gasteiger partial charge in [-0.15, -0.1) is 0 Å². The average molecular weight is 342 g/mol. The maximum absolute atomic E-state index is 12.6. The molecule has 0 aliphatic carbocycles. The molecule has 0 aliphatic rings. The Morgan fingerprint density at radius 1 is 1.16 bits per heavy atom. The van der Waals surface area contributed by atoms with Crippen LogP contribution in [0, 0.1) is 30.9 Å². The minimum atomic E-state index is -0.722. The van der Waals surface area contributed by atoms with Gasteiger partial charge >= 0.3 is 0 Å². The van der Waals surface area contributed by atoms with E-state index in [1.54, 1.807) is 26.0 Å². The lowest BCUT2D eigenvalue weighted by Crippen LogP contribution is -2.23. The van der Waals surface area contributed by atoms with Crippen LogP contribution in [0.3, 0.4) is 0 Å². The molecule has 132 valence electrons. The van der Waals surface area contributed by atoms with Gasteiger partial charge in [-0.1, -0.05) is 24.3 Å². The summed E-state index contributed by atoms with van der Waals surface area (Å²) in [6.07, 6.45) is -0.722. The molecule has 0 radical (unpaired) electrons. The molecule has 2 rings (SSSR count). The summed E-state index contributed by atoms with van der Waals surface area (Å²) in [6, 6.07) is 11.0. The van der Waals surface area contributed by atoms with Gasteiger partial charge in [-0.25, -0.2) is 0 Å². The van der Waals surface area contributed by atoms with Crippen molar-refractivity contribution in [1.29, 1.82) is 0 Å². The molecule has 6 nitrogen and oxygen atoms in total. The molecule has 25 heavy (non-hydrogen) atoms. The van der Waals surface area contributed by atoms with Crippen molar-refractivity contribution in [3.63, 3.8) is 0 Å². The molecule has 0 bridgehead atoms.